The van der Waals surface area contributed by atoms with Crippen molar-refractivity contribution in [3.63, 3.8) is 0 Å². The van der Waals surface area contributed by atoms with Crippen LogP contribution in [0.4, 0.5) is 0 Å². The molecular weight excluding hydrogens is 214 g/mol. The third-order valence-corrected chi connectivity index (χ3v) is 3.72. The van der Waals surface area contributed by atoms with Crippen molar-refractivity contribution in [3.05, 3.63) is 17.5 Å². The Morgan fingerprint density at radius 1 is 1.65 bits per heavy atom. The monoisotopic (exact) mass is 237 g/mol. The Hall–Kier alpha value is -0.870. The first kappa shape index (κ1) is 12.6. The van der Waals surface area contributed by atoms with Crippen LogP contribution in [-0.4, -0.2) is 36.1 Å². The Morgan fingerprint density at radius 3 is 3.00 bits per heavy atom. The van der Waals surface area contributed by atoms with Gasteiger partial charge in [0.05, 0.1) is 12.3 Å². The maximum Gasteiger partial charge on any atom is 0.0624 e. The van der Waals surface area contributed by atoms with Crippen LogP contribution in [0.25, 0.3) is 0 Å². The van der Waals surface area contributed by atoms with Crippen LogP contribution in [0.2, 0.25) is 0 Å². The smallest absolute Gasteiger partial charge is 0.0624 e. The number of ether oxygens (including phenoxy) is 1. The van der Waals surface area contributed by atoms with Crippen molar-refractivity contribution in [2.45, 2.75) is 32.2 Å². The van der Waals surface area contributed by atoms with Crippen LogP contribution in [0.15, 0.2) is 6.07 Å². The third kappa shape index (κ3) is 2.87. The van der Waals surface area contributed by atoms with Crippen molar-refractivity contribution in [3.8, 4) is 0 Å². The zero-order chi connectivity index (χ0) is 12.3. The number of hydrogen-bond donors (Lipinski definition) is 1. The molecule has 1 aliphatic heterocycles. The van der Waals surface area contributed by atoms with Crippen LogP contribution in [0.1, 0.15) is 24.7 Å². The predicted molar refractivity (Wildman–Crippen MR) is 68.1 cm³/mol. The molecule has 2 atom stereocenters. The summed E-state index contributed by atoms with van der Waals surface area (Å²) in [7, 11) is 4.08. The molecule has 0 aromatic carbocycles. The highest BCUT2D eigenvalue weighted by Gasteiger charge is 2.25. The van der Waals surface area contributed by atoms with Crippen LogP contribution < -0.4 is 5.32 Å². The van der Waals surface area contributed by atoms with E-state index in [0.717, 1.165) is 26.1 Å². The number of hydrogen-bond acceptors (Lipinski definition) is 3. The minimum atomic E-state index is 0.498. The van der Waals surface area contributed by atoms with Gasteiger partial charge in [-0.1, -0.05) is 6.92 Å². The molecule has 1 aromatic heterocycles. The number of rotatable bonds is 5. The van der Waals surface area contributed by atoms with E-state index < -0.39 is 0 Å². The first-order valence-corrected chi connectivity index (χ1v) is 6.51. The second-order valence-electron chi connectivity index (χ2n) is 4.83. The van der Waals surface area contributed by atoms with E-state index in [-0.39, 0.29) is 0 Å². The van der Waals surface area contributed by atoms with E-state index in [1.54, 1.807) is 0 Å². The lowest BCUT2D eigenvalue weighted by Gasteiger charge is -2.21. The number of aryl methyl sites for hydroxylation is 2. The second kappa shape index (κ2) is 5.65. The summed E-state index contributed by atoms with van der Waals surface area (Å²) in [4.78, 5) is 0. The zero-order valence-electron chi connectivity index (χ0n) is 11.1. The molecular formula is C13H23N3O. The first-order chi connectivity index (χ1) is 8.24. The predicted octanol–water partition coefficient (Wildman–Crippen LogP) is 1.15. The highest BCUT2D eigenvalue weighted by atomic mass is 16.5. The number of nitrogens with zero attached hydrogens (tertiary/aromatic N) is 2. The highest BCUT2D eigenvalue weighted by Crippen LogP contribution is 2.20. The molecule has 1 N–H and O–H groups in total. The van der Waals surface area contributed by atoms with Crippen molar-refractivity contribution in [2.75, 3.05) is 20.3 Å². The van der Waals surface area contributed by atoms with Crippen LogP contribution >= 0.6 is 0 Å². The molecule has 1 fully saturated rings. The van der Waals surface area contributed by atoms with Gasteiger partial charge >= 0.3 is 0 Å². The van der Waals surface area contributed by atoms with Crippen molar-refractivity contribution in [1.29, 1.82) is 0 Å². The lowest BCUT2D eigenvalue weighted by atomic mass is 9.95. The summed E-state index contributed by atoms with van der Waals surface area (Å²) in [6.07, 6.45) is 3.21. The van der Waals surface area contributed by atoms with Crippen LogP contribution in [0, 0.1) is 5.92 Å². The molecule has 1 saturated heterocycles. The summed E-state index contributed by atoms with van der Waals surface area (Å²) in [5.41, 5.74) is 2.49. The average Bonchev–Trinajstić information content (AvgIpc) is 2.96. The Morgan fingerprint density at radius 2 is 2.47 bits per heavy atom. The van der Waals surface area contributed by atoms with Gasteiger partial charge in [-0.3, -0.25) is 4.68 Å². The normalized spacial score (nSPS) is 21.9. The molecule has 0 spiro atoms. The summed E-state index contributed by atoms with van der Waals surface area (Å²) < 4.78 is 7.48. The second-order valence-corrected chi connectivity index (χ2v) is 4.83. The molecule has 4 nitrogen and oxygen atoms in total. The molecule has 2 heterocycles. The van der Waals surface area contributed by atoms with E-state index in [9.17, 15) is 0 Å². The van der Waals surface area contributed by atoms with Gasteiger partial charge in [-0.2, -0.15) is 5.10 Å². The van der Waals surface area contributed by atoms with Gasteiger partial charge in [0.15, 0.2) is 0 Å². The lowest BCUT2D eigenvalue weighted by Crippen LogP contribution is -2.36. The molecule has 0 bridgehead atoms. The van der Waals surface area contributed by atoms with E-state index in [2.05, 4.69) is 23.4 Å². The minimum Gasteiger partial charge on any atom is -0.381 e. The molecule has 0 radical (unpaired) electrons. The molecule has 17 heavy (non-hydrogen) atoms. The number of likely N-dealkylation sites (N-methyl/N-ethyl adjacent to an activating group) is 1. The van der Waals surface area contributed by atoms with Crippen molar-refractivity contribution in [1.82, 2.24) is 15.1 Å². The molecule has 1 aliphatic rings. The standard InChI is InChI=1S/C13H23N3O/c1-4-11-7-12(16(3)15-11)8-13(14-2)10-5-6-17-9-10/h7,10,13-14H,4-6,8-9H2,1-3H3. The fraction of sp³-hybridized carbons (Fsp3) is 0.769. The van der Waals surface area contributed by atoms with Crippen LogP contribution in [0.5, 0.6) is 0 Å². The summed E-state index contributed by atoms with van der Waals surface area (Å²) in [6.45, 7) is 3.95. The maximum absolute atomic E-state index is 5.47. The topological polar surface area (TPSA) is 39.1 Å². The fourth-order valence-corrected chi connectivity index (χ4v) is 2.54. The molecule has 2 rings (SSSR count). The molecule has 0 aliphatic carbocycles. The van der Waals surface area contributed by atoms with E-state index in [1.165, 1.54) is 17.8 Å². The Bertz CT molecular complexity index is 356. The van der Waals surface area contributed by atoms with Crippen molar-refractivity contribution < 1.29 is 4.74 Å². The largest absolute Gasteiger partial charge is 0.381 e. The van der Waals surface area contributed by atoms with Gasteiger partial charge in [0.25, 0.3) is 0 Å². The summed E-state index contributed by atoms with van der Waals surface area (Å²) in [5, 5.41) is 7.93. The van der Waals surface area contributed by atoms with E-state index in [4.69, 9.17) is 4.74 Å². The van der Waals surface area contributed by atoms with E-state index in [0.29, 0.717) is 12.0 Å². The Kier molecular flexibility index (Phi) is 4.18. The zero-order valence-corrected chi connectivity index (χ0v) is 11.1. The minimum absolute atomic E-state index is 0.498. The maximum atomic E-state index is 5.47. The van der Waals surface area contributed by atoms with Crippen molar-refractivity contribution >= 4 is 0 Å². The van der Waals surface area contributed by atoms with Gasteiger partial charge in [-0.25, -0.2) is 0 Å². The van der Waals surface area contributed by atoms with Crippen LogP contribution in [-0.2, 0) is 24.6 Å². The van der Waals surface area contributed by atoms with Gasteiger partial charge in [0.1, 0.15) is 0 Å². The SMILES string of the molecule is CCc1cc(CC(NC)C2CCOC2)n(C)n1. The van der Waals surface area contributed by atoms with Crippen LogP contribution in [0.3, 0.4) is 0 Å². The first-order valence-electron chi connectivity index (χ1n) is 6.51. The molecule has 96 valence electrons. The van der Waals surface area contributed by atoms with Gasteiger partial charge in [-0.15, -0.1) is 0 Å². The molecule has 2 unspecified atom stereocenters. The highest BCUT2D eigenvalue weighted by molar-refractivity contribution is 5.12. The van der Waals surface area contributed by atoms with E-state index >= 15 is 0 Å². The average molecular weight is 237 g/mol. The number of aromatic nitrogens is 2. The Balaban J connectivity index is 2.03. The number of nitrogens with one attached hydrogen (secondary N) is 1. The molecule has 0 amide bonds. The summed E-state index contributed by atoms with van der Waals surface area (Å²) in [6, 6.07) is 2.72. The van der Waals surface area contributed by atoms with Crippen molar-refractivity contribution in [2.24, 2.45) is 13.0 Å². The molecule has 4 heteroatoms. The van der Waals surface area contributed by atoms with Gasteiger partial charge in [-0.05, 0) is 26.0 Å². The van der Waals surface area contributed by atoms with Gasteiger partial charge in [0, 0.05) is 37.7 Å². The quantitative estimate of drug-likeness (QED) is 0.835. The Labute approximate surface area is 103 Å². The van der Waals surface area contributed by atoms with Gasteiger partial charge < -0.3 is 10.1 Å². The third-order valence-electron chi connectivity index (χ3n) is 3.72. The lowest BCUT2D eigenvalue weighted by molar-refractivity contribution is 0.177. The fourth-order valence-electron chi connectivity index (χ4n) is 2.54. The summed E-state index contributed by atoms with van der Waals surface area (Å²) >= 11 is 0. The summed E-state index contributed by atoms with van der Waals surface area (Å²) in [5.74, 6) is 0.639. The van der Waals surface area contributed by atoms with E-state index in [1.807, 2.05) is 18.8 Å². The molecule has 1 aromatic rings. The molecule has 0 saturated carbocycles. The van der Waals surface area contributed by atoms with Gasteiger partial charge in [0.2, 0.25) is 0 Å².